The number of nitrogens with zero attached hydrogens (tertiary/aromatic N) is 1. The van der Waals surface area contributed by atoms with E-state index in [9.17, 15) is 18.0 Å². The van der Waals surface area contributed by atoms with Gasteiger partial charge in [-0.15, -0.1) is 0 Å². The van der Waals surface area contributed by atoms with Gasteiger partial charge in [0.05, 0.1) is 11.3 Å². The van der Waals surface area contributed by atoms with Gasteiger partial charge in [0.15, 0.2) is 6.10 Å². The van der Waals surface area contributed by atoms with Crippen LogP contribution in [0.15, 0.2) is 30.5 Å². The lowest BCUT2D eigenvalue weighted by Crippen LogP contribution is -2.34. The molecule has 126 valence electrons. The molecule has 0 aliphatic carbocycles. The maximum Gasteiger partial charge on any atom is 0.417 e. The van der Waals surface area contributed by atoms with Crippen LogP contribution in [0.1, 0.15) is 12.5 Å². The van der Waals surface area contributed by atoms with Gasteiger partial charge in [0.1, 0.15) is 16.5 Å². The zero-order chi connectivity index (χ0) is 17.5. The first-order chi connectivity index (χ1) is 11.2. The second-order valence-electron chi connectivity index (χ2n) is 5.02. The van der Waals surface area contributed by atoms with Gasteiger partial charge < -0.3 is 14.8 Å². The zero-order valence-electron chi connectivity index (χ0n) is 12.1. The molecular weight excluding hydrogens is 349 g/mol. The van der Waals surface area contributed by atoms with E-state index in [1.54, 1.807) is 13.0 Å². The van der Waals surface area contributed by atoms with Crippen LogP contribution in [-0.2, 0) is 11.0 Å². The van der Waals surface area contributed by atoms with Crippen molar-refractivity contribution in [1.82, 2.24) is 4.98 Å². The van der Waals surface area contributed by atoms with Crippen molar-refractivity contribution in [3.8, 4) is 17.4 Å². The van der Waals surface area contributed by atoms with Crippen LogP contribution in [0, 0.1) is 0 Å². The summed E-state index contributed by atoms with van der Waals surface area (Å²) >= 11 is 5.80. The predicted molar refractivity (Wildman–Crippen MR) is 79.5 cm³/mol. The molecule has 2 aromatic rings. The van der Waals surface area contributed by atoms with Crippen LogP contribution < -0.4 is 14.8 Å². The van der Waals surface area contributed by atoms with Crippen LogP contribution in [0.5, 0.6) is 17.4 Å². The third-order valence-electron chi connectivity index (χ3n) is 3.23. The van der Waals surface area contributed by atoms with E-state index >= 15 is 0 Å². The summed E-state index contributed by atoms with van der Waals surface area (Å²) in [5, 5.41) is 2.38. The van der Waals surface area contributed by atoms with Gasteiger partial charge in [0.25, 0.3) is 5.91 Å². The third kappa shape index (κ3) is 3.23. The van der Waals surface area contributed by atoms with Crippen molar-refractivity contribution in [2.24, 2.45) is 0 Å². The lowest BCUT2D eigenvalue weighted by Gasteiger charge is -2.23. The summed E-state index contributed by atoms with van der Waals surface area (Å²) in [5.74, 6) is 0.190. The molecule has 5 nitrogen and oxygen atoms in total. The minimum atomic E-state index is -4.54. The van der Waals surface area contributed by atoms with Crippen molar-refractivity contribution in [2.75, 3.05) is 5.32 Å². The molecule has 1 aromatic heterocycles. The third-order valence-corrected chi connectivity index (χ3v) is 3.50. The summed E-state index contributed by atoms with van der Waals surface area (Å²) in [4.78, 5) is 15.1. The molecule has 0 fully saturated rings. The first kappa shape index (κ1) is 16.4. The summed E-state index contributed by atoms with van der Waals surface area (Å²) in [6.07, 6.45) is -4.57. The number of amides is 1. The predicted octanol–water partition coefficient (Wildman–Crippen LogP) is 4.27. The molecule has 3 rings (SSSR count). The Morgan fingerprint density at radius 3 is 2.75 bits per heavy atom. The minimum Gasteiger partial charge on any atom is -0.479 e. The molecule has 24 heavy (non-hydrogen) atoms. The van der Waals surface area contributed by atoms with E-state index < -0.39 is 17.8 Å². The van der Waals surface area contributed by atoms with Crippen LogP contribution >= 0.6 is 11.6 Å². The number of hydrogen-bond donors (Lipinski definition) is 1. The molecule has 0 radical (unpaired) electrons. The number of carbonyl (C=O) groups is 1. The zero-order valence-corrected chi connectivity index (χ0v) is 12.9. The Kier molecular flexibility index (Phi) is 4.00. The van der Waals surface area contributed by atoms with Gasteiger partial charge in [-0.25, -0.2) is 4.98 Å². The van der Waals surface area contributed by atoms with Crippen molar-refractivity contribution in [3.63, 3.8) is 0 Å². The van der Waals surface area contributed by atoms with Gasteiger partial charge in [-0.2, -0.15) is 13.2 Å². The average molecular weight is 359 g/mol. The van der Waals surface area contributed by atoms with E-state index in [0.717, 1.165) is 6.07 Å². The monoisotopic (exact) mass is 358 g/mol. The fourth-order valence-corrected chi connectivity index (χ4v) is 2.22. The molecule has 1 aromatic carbocycles. The Bertz CT molecular complexity index is 811. The Hall–Kier alpha value is -2.48. The van der Waals surface area contributed by atoms with Crippen molar-refractivity contribution in [3.05, 3.63) is 41.0 Å². The Balaban J connectivity index is 1.85. The SMILES string of the molecule is CC1Oc2cc(Oc3ncc(C(F)(F)F)cc3Cl)ccc2NC1=O. The molecule has 1 aliphatic heterocycles. The molecular formula is C15H10ClF3N2O3. The number of alkyl halides is 3. The van der Waals surface area contributed by atoms with Gasteiger partial charge in [-0.1, -0.05) is 11.6 Å². The van der Waals surface area contributed by atoms with Crippen molar-refractivity contribution < 1.29 is 27.4 Å². The smallest absolute Gasteiger partial charge is 0.417 e. The molecule has 1 atom stereocenters. The average Bonchev–Trinajstić information content (AvgIpc) is 2.49. The van der Waals surface area contributed by atoms with E-state index in [4.69, 9.17) is 21.1 Å². The van der Waals surface area contributed by atoms with Gasteiger partial charge in [-0.05, 0) is 25.1 Å². The normalized spacial score (nSPS) is 16.9. The number of anilines is 1. The van der Waals surface area contributed by atoms with Gasteiger partial charge in [0.2, 0.25) is 5.88 Å². The number of benzene rings is 1. The fourth-order valence-electron chi connectivity index (χ4n) is 2.01. The molecule has 2 heterocycles. The van der Waals surface area contributed by atoms with Crippen LogP contribution in [0.2, 0.25) is 5.02 Å². The molecule has 1 amide bonds. The molecule has 1 aliphatic rings. The number of carbonyl (C=O) groups excluding carboxylic acids is 1. The molecule has 1 unspecified atom stereocenters. The van der Waals surface area contributed by atoms with Crippen LogP contribution in [0.4, 0.5) is 18.9 Å². The van der Waals surface area contributed by atoms with Crippen LogP contribution in [0.3, 0.4) is 0 Å². The maximum absolute atomic E-state index is 12.6. The Labute approximate surface area is 139 Å². The molecule has 1 N–H and O–H groups in total. The highest BCUT2D eigenvalue weighted by Gasteiger charge is 2.32. The largest absolute Gasteiger partial charge is 0.479 e. The van der Waals surface area contributed by atoms with E-state index in [1.807, 2.05) is 0 Å². The number of fused-ring (bicyclic) bond motifs is 1. The van der Waals surface area contributed by atoms with Gasteiger partial charge >= 0.3 is 6.18 Å². The molecule has 0 saturated carbocycles. The summed E-state index contributed by atoms with van der Waals surface area (Å²) in [6, 6.07) is 5.28. The second-order valence-corrected chi connectivity index (χ2v) is 5.43. The van der Waals surface area contributed by atoms with Gasteiger partial charge in [0, 0.05) is 12.3 Å². The number of hydrogen-bond acceptors (Lipinski definition) is 4. The van der Waals surface area contributed by atoms with E-state index in [-0.39, 0.29) is 22.6 Å². The highest BCUT2D eigenvalue weighted by atomic mass is 35.5. The van der Waals surface area contributed by atoms with E-state index in [2.05, 4.69) is 10.3 Å². The fraction of sp³-hybridized carbons (Fsp3) is 0.200. The lowest BCUT2D eigenvalue weighted by atomic mass is 10.2. The number of ether oxygens (including phenoxy) is 2. The first-order valence-electron chi connectivity index (χ1n) is 6.76. The van der Waals surface area contributed by atoms with Crippen LogP contribution in [0.25, 0.3) is 0 Å². The second kappa shape index (κ2) is 5.86. The number of pyridine rings is 1. The molecule has 0 saturated heterocycles. The summed E-state index contributed by atoms with van der Waals surface area (Å²) in [5.41, 5.74) is -0.498. The summed E-state index contributed by atoms with van der Waals surface area (Å²) in [7, 11) is 0. The summed E-state index contributed by atoms with van der Waals surface area (Å²) in [6.45, 7) is 1.58. The minimum absolute atomic E-state index is 0.169. The molecule has 9 heteroatoms. The Morgan fingerprint density at radius 1 is 1.33 bits per heavy atom. The number of halogens is 4. The molecule has 0 spiro atoms. The van der Waals surface area contributed by atoms with E-state index in [1.165, 1.54) is 12.1 Å². The Morgan fingerprint density at radius 2 is 2.08 bits per heavy atom. The molecule has 0 bridgehead atoms. The maximum atomic E-state index is 12.6. The first-order valence-corrected chi connectivity index (χ1v) is 7.14. The van der Waals surface area contributed by atoms with Crippen LogP contribution in [-0.4, -0.2) is 17.0 Å². The van der Waals surface area contributed by atoms with Crippen molar-refractivity contribution in [2.45, 2.75) is 19.2 Å². The summed E-state index contributed by atoms with van der Waals surface area (Å²) < 4.78 is 48.6. The number of rotatable bonds is 2. The lowest BCUT2D eigenvalue weighted by molar-refractivity contribution is -0.137. The van der Waals surface area contributed by atoms with Crippen molar-refractivity contribution >= 4 is 23.2 Å². The number of nitrogens with one attached hydrogen (secondary N) is 1. The van der Waals surface area contributed by atoms with E-state index in [0.29, 0.717) is 17.6 Å². The standard InChI is InChI=1S/C15H10ClF3N2O3/c1-7-13(22)21-11-3-2-9(5-12(11)23-7)24-14-10(16)4-8(6-20-14)15(17,18)19/h2-7H,1H3,(H,21,22). The number of aromatic nitrogens is 1. The quantitative estimate of drug-likeness (QED) is 0.871. The van der Waals surface area contributed by atoms with Crippen molar-refractivity contribution in [1.29, 1.82) is 0 Å². The highest BCUT2D eigenvalue weighted by molar-refractivity contribution is 6.31. The highest BCUT2D eigenvalue weighted by Crippen LogP contribution is 2.37. The topological polar surface area (TPSA) is 60.5 Å². The van der Waals surface area contributed by atoms with Gasteiger partial charge in [-0.3, -0.25) is 4.79 Å².